The molecule has 0 aromatic carbocycles. The Morgan fingerprint density at radius 2 is 1.29 bits per heavy atom. The number of hydrogen-bond donors (Lipinski definition) is 3. The molecule has 24 heavy (non-hydrogen) atoms. The fourth-order valence-electron chi connectivity index (χ4n) is 1.91. The van der Waals surface area contributed by atoms with Gasteiger partial charge in [-0.1, -0.05) is 27.7 Å². The minimum atomic E-state index is -0.823. The van der Waals surface area contributed by atoms with Crippen LogP contribution in [0.1, 0.15) is 48.5 Å². The summed E-state index contributed by atoms with van der Waals surface area (Å²) in [6.45, 7) is 12.4. The summed E-state index contributed by atoms with van der Waals surface area (Å²) in [6.07, 6.45) is -0.682. The first-order valence-electron chi connectivity index (χ1n) is 8.01. The molecule has 0 aromatic rings. The van der Waals surface area contributed by atoms with Crippen LogP contribution >= 0.6 is 0 Å². The number of ether oxygens (including phenoxy) is 1. The first kappa shape index (κ1) is 22.2. The van der Waals surface area contributed by atoms with Gasteiger partial charge in [0.2, 0.25) is 5.91 Å². The lowest BCUT2D eigenvalue weighted by Gasteiger charge is -2.28. The minimum absolute atomic E-state index is 0.154. The molecule has 140 valence electrons. The van der Waals surface area contributed by atoms with E-state index in [1.165, 1.54) is 7.11 Å². The van der Waals surface area contributed by atoms with Gasteiger partial charge in [-0.05, 0) is 32.6 Å². The standard InChI is InChI=1S/C16H31N3O5/c1-9(2)11(18-15(22)24-16(5,6)7)13(20)17-12(10(3)4)14(21)19-23-8/h9-12H,1-8H3,(H,17,20)(H,18,22)(H,19,21)/t11-,12-/m0/s1. The molecule has 0 unspecified atom stereocenters. The van der Waals surface area contributed by atoms with Crippen LogP contribution in [0.2, 0.25) is 0 Å². The highest BCUT2D eigenvalue weighted by Gasteiger charge is 2.31. The van der Waals surface area contributed by atoms with Gasteiger partial charge < -0.3 is 15.4 Å². The third-order valence-corrected chi connectivity index (χ3v) is 3.07. The second kappa shape index (κ2) is 9.46. The van der Waals surface area contributed by atoms with Crippen molar-refractivity contribution in [2.75, 3.05) is 7.11 Å². The van der Waals surface area contributed by atoms with E-state index in [4.69, 9.17) is 4.74 Å². The summed E-state index contributed by atoms with van der Waals surface area (Å²) < 4.78 is 5.18. The van der Waals surface area contributed by atoms with E-state index in [-0.39, 0.29) is 11.8 Å². The summed E-state index contributed by atoms with van der Waals surface area (Å²) in [4.78, 5) is 41.0. The number of rotatable bonds is 7. The molecule has 0 spiro atoms. The normalized spacial score (nSPS) is 14.1. The average Bonchev–Trinajstić information content (AvgIpc) is 2.39. The molecule has 0 bridgehead atoms. The molecule has 0 radical (unpaired) electrons. The van der Waals surface area contributed by atoms with E-state index in [0.29, 0.717) is 0 Å². The maximum Gasteiger partial charge on any atom is 0.408 e. The van der Waals surface area contributed by atoms with Crippen molar-refractivity contribution in [3.8, 4) is 0 Å². The van der Waals surface area contributed by atoms with Gasteiger partial charge in [0.25, 0.3) is 5.91 Å². The molecule has 0 aliphatic carbocycles. The Labute approximate surface area is 144 Å². The van der Waals surface area contributed by atoms with Crippen LogP contribution in [0.4, 0.5) is 4.79 Å². The lowest BCUT2D eigenvalue weighted by Crippen LogP contribution is -2.57. The summed E-state index contributed by atoms with van der Waals surface area (Å²) in [5.41, 5.74) is 1.54. The maximum atomic E-state index is 12.5. The average molecular weight is 345 g/mol. The van der Waals surface area contributed by atoms with Gasteiger partial charge in [0.05, 0.1) is 7.11 Å². The van der Waals surface area contributed by atoms with Gasteiger partial charge in [-0.25, -0.2) is 10.3 Å². The molecular formula is C16H31N3O5. The lowest BCUT2D eigenvalue weighted by atomic mass is 10.00. The first-order valence-corrected chi connectivity index (χ1v) is 8.01. The molecule has 0 saturated heterocycles. The van der Waals surface area contributed by atoms with E-state index < -0.39 is 35.6 Å². The Morgan fingerprint density at radius 3 is 1.67 bits per heavy atom. The van der Waals surface area contributed by atoms with Crippen molar-refractivity contribution in [1.82, 2.24) is 16.1 Å². The van der Waals surface area contributed by atoms with Gasteiger partial charge in [-0.15, -0.1) is 0 Å². The molecule has 0 aliphatic heterocycles. The number of carbonyl (C=O) groups is 3. The van der Waals surface area contributed by atoms with Crippen molar-refractivity contribution < 1.29 is 24.0 Å². The lowest BCUT2D eigenvalue weighted by molar-refractivity contribution is -0.138. The fourth-order valence-corrected chi connectivity index (χ4v) is 1.91. The highest BCUT2D eigenvalue weighted by atomic mass is 16.6. The topological polar surface area (TPSA) is 106 Å². The molecule has 0 fully saturated rings. The predicted molar refractivity (Wildman–Crippen MR) is 89.9 cm³/mol. The van der Waals surface area contributed by atoms with E-state index in [1.807, 2.05) is 0 Å². The zero-order chi connectivity index (χ0) is 19.1. The van der Waals surface area contributed by atoms with Crippen LogP contribution < -0.4 is 16.1 Å². The summed E-state index contributed by atoms with van der Waals surface area (Å²) in [7, 11) is 1.32. The molecule has 0 rings (SSSR count). The number of carbonyl (C=O) groups excluding carboxylic acids is 3. The number of hydroxylamine groups is 1. The van der Waals surface area contributed by atoms with Crippen molar-refractivity contribution in [2.45, 2.75) is 66.2 Å². The minimum Gasteiger partial charge on any atom is -0.444 e. The van der Waals surface area contributed by atoms with Gasteiger partial charge in [0.1, 0.15) is 17.7 Å². The molecule has 0 aromatic heterocycles. The van der Waals surface area contributed by atoms with E-state index >= 15 is 0 Å². The molecule has 8 nitrogen and oxygen atoms in total. The third kappa shape index (κ3) is 8.14. The Kier molecular flexibility index (Phi) is 8.74. The summed E-state index contributed by atoms with van der Waals surface area (Å²) in [6, 6.07) is -1.60. The molecule has 8 heteroatoms. The molecule has 3 N–H and O–H groups in total. The molecule has 0 heterocycles. The van der Waals surface area contributed by atoms with Crippen molar-refractivity contribution in [1.29, 1.82) is 0 Å². The Hall–Kier alpha value is -1.83. The quantitative estimate of drug-likeness (QED) is 0.604. The van der Waals surface area contributed by atoms with Crippen LogP contribution in [0.15, 0.2) is 0 Å². The van der Waals surface area contributed by atoms with Gasteiger partial charge in [0.15, 0.2) is 0 Å². The largest absolute Gasteiger partial charge is 0.444 e. The number of hydrogen-bond acceptors (Lipinski definition) is 5. The van der Waals surface area contributed by atoms with Crippen molar-refractivity contribution in [2.24, 2.45) is 11.8 Å². The van der Waals surface area contributed by atoms with Crippen LogP contribution in [0.25, 0.3) is 0 Å². The van der Waals surface area contributed by atoms with Crippen molar-refractivity contribution in [3.05, 3.63) is 0 Å². The highest BCUT2D eigenvalue weighted by Crippen LogP contribution is 2.10. The second-order valence-electron chi connectivity index (χ2n) is 7.27. The van der Waals surface area contributed by atoms with Gasteiger partial charge in [-0.3, -0.25) is 14.4 Å². The second-order valence-corrected chi connectivity index (χ2v) is 7.27. The van der Waals surface area contributed by atoms with Crippen LogP contribution in [-0.4, -0.2) is 42.7 Å². The van der Waals surface area contributed by atoms with Crippen molar-refractivity contribution in [3.63, 3.8) is 0 Å². The number of amides is 3. The summed E-state index contributed by atoms with van der Waals surface area (Å²) >= 11 is 0. The van der Waals surface area contributed by atoms with Gasteiger partial charge in [-0.2, -0.15) is 0 Å². The van der Waals surface area contributed by atoms with E-state index in [9.17, 15) is 14.4 Å². The Bertz CT molecular complexity index is 443. The van der Waals surface area contributed by atoms with Gasteiger partial charge in [0, 0.05) is 0 Å². The molecule has 0 aliphatic rings. The molecule has 3 amide bonds. The van der Waals surface area contributed by atoms with Gasteiger partial charge >= 0.3 is 6.09 Å². The number of nitrogens with one attached hydrogen (secondary N) is 3. The van der Waals surface area contributed by atoms with Crippen LogP contribution in [-0.2, 0) is 19.2 Å². The molecular weight excluding hydrogens is 314 g/mol. The van der Waals surface area contributed by atoms with E-state index in [0.717, 1.165) is 0 Å². The van der Waals surface area contributed by atoms with E-state index in [2.05, 4.69) is 21.0 Å². The SMILES string of the molecule is CONC(=O)[C@@H](NC(=O)[C@@H](NC(=O)OC(C)(C)C)C(C)C)C(C)C. The first-order chi connectivity index (χ1) is 10.9. The Balaban J connectivity index is 5.01. The Morgan fingerprint density at radius 1 is 0.833 bits per heavy atom. The molecule has 2 atom stereocenters. The smallest absolute Gasteiger partial charge is 0.408 e. The van der Waals surface area contributed by atoms with E-state index in [1.54, 1.807) is 48.5 Å². The zero-order valence-corrected chi connectivity index (χ0v) is 15.9. The maximum absolute atomic E-state index is 12.5. The van der Waals surface area contributed by atoms with Crippen molar-refractivity contribution >= 4 is 17.9 Å². The molecule has 0 saturated carbocycles. The summed E-state index contributed by atoms with van der Waals surface area (Å²) in [5.74, 6) is -1.25. The monoisotopic (exact) mass is 345 g/mol. The van der Waals surface area contributed by atoms with Crippen LogP contribution in [0.3, 0.4) is 0 Å². The third-order valence-electron chi connectivity index (χ3n) is 3.07. The predicted octanol–water partition coefficient (Wildman–Crippen LogP) is 1.35. The fraction of sp³-hybridized carbons (Fsp3) is 0.812. The van der Waals surface area contributed by atoms with Crippen LogP contribution in [0, 0.1) is 11.8 Å². The summed E-state index contributed by atoms with van der Waals surface area (Å²) in [5, 5.41) is 5.20. The zero-order valence-electron chi connectivity index (χ0n) is 15.9. The number of alkyl carbamates (subject to hydrolysis) is 1. The highest BCUT2D eigenvalue weighted by molar-refractivity contribution is 5.91. The van der Waals surface area contributed by atoms with Crippen LogP contribution in [0.5, 0.6) is 0 Å².